The summed E-state index contributed by atoms with van der Waals surface area (Å²) in [5.74, 6) is 2.97. The number of aliphatic imine (C=N–C) groups is 1. The Morgan fingerprint density at radius 1 is 1.20 bits per heavy atom. The van der Waals surface area contributed by atoms with Crippen LogP contribution in [0, 0.1) is 5.92 Å². The first-order valence-corrected chi connectivity index (χ1v) is 10.4. The smallest absolute Gasteiger partial charge is 0.193 e. The molecule has 148 valence electrons. The van der Waals surface area contributed by atoms with Gasteiger partial charge in [-0.2, -0.15) is 11.8 Å². The normalized spacial score (nSPS) is 21.5. The molecule has 2 fully saturated rings. The van der Waals surface area contributed by atoms with Crippen LogP contribution < -0.4 is 5.32 Å². The van der Waals surface area contributed by atoms with Crippen LogP contribution >= 0.6 is 35.7 Å². The van der Waals surface area contributed by atoms with E-state index in [0.717, 1.165) is 70.0 Å². The highest BCUT2D eigenvalue weighted by Crippen LogP contribution is 2.34. The maximum Gasteiger partial charge on any atom is 0.193 e. The first-order valence-electron chi connectivity index (χ1n) is 9.40. The van der Waals surface area contributed by atoms with Gasteiger partial charge in [0, 0.05) is 58.4 Å². The Hall–Kier alpha value is 0.270. The Balaban J connectivity index is 0.00000312. The average Bonchev–Trinajstić information content (AvgIpc) is 2.62. The number of rotatable bonds is 7. The second-order valence-electron chi connectivity index (χ2n) is 6.90. The lowest BCUT2D eigenvalue weighted by molar-refractivity contribution is 0.0625. The van der Waals surface area contributed by atoms with Gasteiger partial charge in [-0.05, 0) is 43.8 Å². The van der Waals surface area contributed by atoms with Gasteiger partial charge in [-0.1, -0.05) is 6.92 Å². The Kier molecular flexibility index (Phi) is 11.8. The Morgan fingerprint density at radius 2 is 1.84 bits per heavy atom. The predicted octanol–water partition coefficient (Wildman–Crippen LogP) is 3.23. The quantitative estimate of drug-likeness (QED) is 0.341. The molecule has 2 aliphatic heterocycles. The lowest BCUT2D eigenvalue weighted by Crippen LogP contribution is -2.48. The number of hydrogen-bond donors (Lipinski definition) is 1. The molecule has 0 aliphatic carbocycles. The monoisotopic (exact) mass is 485 g/mol. The lowest BCUT2D eigenvalue weighted by Gasteiger charge is -2.37. The third-order valence-electron chi connectivity index (χ3n) is 5.21. The van der Waals surface area contributed by atoms with Gasteiger partial charge in [-0.3, -0.25) is 4.99 Å². The van der Waals surface area contributed by atoms with Crippen molar-refractivity contribution in [1.29, 1.82) is 0 Å². The zero-order chi connectivity index (χ0) is 17.3. The number of hydrogen-bond acceptors (Lipinski definition) is 4. The summed E-state index contributed by atoms with van der Waals surface area (Å²) in [5, 5.41) is 3.63. The SMILES string of the molecule is CCSC1(CNC(=NC)N(C)CCC2CCOCC2)CCOCC1.I. The number of guanidine groups is 1. The van der Waals surface area contributed by atoms with E-state index in [0.29, 0.717) is 4.75 Å². The number of halogens is 1. The summed E-state index contributed by atoms with van der Waals surface area (Å²) < 4.78 is 11.3. The fourth-order valence-electron chi connectivity index (χ4n) is 3.56. The largest absolute Gasteiger partial charge is 0.381 e. The number of ether oxygens (including phenoxy) is 2. The summed E-state index contributed by atoms with van der Waals surface area (Å²) in [6.07, 6.45) is 5.89. The van der Waals surface area contributed by atoms with E-state index in [1.165, 1.54) is 19.3 Å². The summed E-state index contributed by atoms with van der Waals surface area (Å²) in [6, 6.07) is 0. The standard InChI is InChI=1S/C18H35N3O2S.HI/c1-4-24-18(8-13-23-14-9-18)15-20-17(19-2)21(3)10-5-16-6-11-22-12-7-16;/h16H,4-15H2,1-3H3,(H,19,20);1H. The van der Waals surface area contributed by atoms with Crippen molar-refractivity contribution in [2.45, 2.75) is 43.8 Å². The Bertz CT molecular complexity index is 381. The third kappa shape index (κ3) is 7.81. The number of nitrogens with one attached hydrogen (secondary N) is 1. The van der Waals surface area contributed by atoms with Gasteiger partial charge in [-0.25, -0.2) is 0 Å². The zero-order valence-corrected chi connectivity index (χ0v) is 19.2. The van der Waals surface area contributed by atoms with Gasteiger partial charge < -0.3 is 19.7 Å². The van der Waals surface area contributed by atoms with Crippen LogP contribution in [0.2, 0.25) is 0 Å². The summed E-state index contributed by atoms with van der Waals surface area (Å²) in [5.41, 5.74) is 0. The van der Waals surface area contributed by atoms with Crippen molar-refractivity contribution in [3.63, 3.8) is 0 Å². The minimum Gasteiger partial charge on any atom is -0.381 e. The highest BCUT2D eigenvalue weighted by Gasteiger charge is 2.33. The molecule has 0 saturated carbocycles. The van der Waals surface area contributed by atoms with Gasteiger partial charge in [0.05, 0.1) is 0 Å². The molecule has 5 nitrogen and oxygen atoms in total. The van der Waals surface area contributed by atoms with Gasteiger partial charge in [0.2, 0.25) is 0 Å². The van der Waals surface area contributed by atoms with E-state index >= 15 is 0 Å². The van der Waals surface area contributed by atoms with E-state index < -0.39 is 0 Å². The molecule has 7 heteroatoms. The van der Waals surface area contributed by atoms with E-state index in [1.54, 1.807) is 0 Å². The number of nitrogens with zero attached hydrogens (tertiary/aromatic N) is 2. The van der Waals surface area contributed by atoms with Crippen LogP contribution in [-0.4, -0.2) is 75.0 Å². The highest BCUT2D eigenvalue weighted by molar-refractivity contribution is 14.0. The maximum atomic E-state index is 5.57. The van der Waals surface area contributed by atoms with Crippen LogP contribution in [0.3, 0.4) is 0 Å². The summed E-state index contributed by atoms with van der Waals surface area (Å²) in [4.78, 5) is 6.77. The molecular formula is C18H36IN3O2S. The Morgan fingerprint density at radius 3 is 2.44 bits per heavy atom. The molecule has 0 unspecified atom stereocenters. The van der Waals surface area contributed by atoms with Crippen molar-refractivity contribution in [2.24, 2.45) is 10.9 Å². The molecule has 0 radical (unpaired) electrons. The van der Waals surface area contributed by atoms with E-state index in [4.69, 9.17) is 9.47 Å². The van der Waals surface area contributed by atoms with Gasteiger partial charge in [0.25, 0.3) is 0 Å². The highest BCUT2D eigenvalue weighted by atomic mass is 127. The molecule has 0 aromatic carbocycles. The molecule has 0 atom stereocenters. The van der Waals surface area contributed by atoms with Crippen molar-refractivity contribution in [3.8, 4) is 0 Å². The molecule has 0 amide bonds. The minimum absolute atomic E-state index is 0. The van der Waals surface area contributed by atoms with Gasteiger partial charge in [0.1, 0.15) is 0 Å². The fraction of sp³-hybridized carbons (Fsp3) is 0.944. The molecule has 2 aliphatic rings. The minimum atomic E-state index is 0. The van der Waals surface area contributed by atoms with Crippen molar-refractivity contribution in [2.75, 3.05) is 59.4 Å². The second kappa shape index (κ2) is 12.6. The molecule has 0 bridgehead atoms. The van der Waals surface area contributed by atoms with Crippen LogP contribution in [0.15, 0.2) is 4.99 Å². The van der Waals surface area contributed by atoms with Crippen molar-refractivity contribution in [1.82, 2.24) is 10.2 Å². The fourth-order valence-corrected chi connectivity index (χ4v) is 4.81. The molecule has 2 heterocycles. The van der Waals surface area contributed by atoms with Crippen LogP contribution in [0.25, 0.3) is 0 Å². The first kappa shape index (κ1) is 23.3. The molecule has 25 heavy (non-hydrogen) atoms. The third-order valence-corrected chi connectivity index (χ3v) is 6.66. The topological polar surface area (TPSA) is 46.1 Å². The van der Waals surface area contributed by atoms with E-state index in [2.05, 4.69) is 40.9 Å². The van der Waals surface area contributed by atoms with Crippen molar-refractivity contribution < 1.29 is 9.47 Å². The maximum absolute atomic E-state index is 5.57. The molecule has 0 spiro atoms. The van der Waals surface area contributed by atoms with Crippen LogP contribution in [0.5, 0.6) is 0 Å². The Labute approximate surface area is 175 Å². The van der Waals surface area contributed by atoms with E-state index in [-0.39, 0.29) is 24.0 Å². The predicted molar refractivity (Wildman–Crippen MR) is 118 cm³/mol. The average molecular weight is 485 g/mol. The van der Waals surface area contributed by atoms with Crippen molar-refractivity contribution >= 4 is 41.7 Å². The lowest BCUT2D eigenvalue weighted by atomic mass is 9.96. The van der Waals surface area contributed by atoms with Gasteiger partial charge in [0.15, 0.2) is 5.96 Å². The van der Waals surface area contributed by atoms with E-state index in [9.17, 15) is 0 Å². The summed E-state index contributed by atoms with van der Waals surface area (Å²) >= 11 is 2.07. The molecule has 0 aromatic rings. The molecular weight excluding hydrogens is 449 g/mol. The van der Waals surface area contributed by atoms with Crippen LogP contribution in [0.1, 0.15) is 39.0 Å². The van der Waals surface area contributed by atoms with Crippen molar-refractivity contribution in [3.05, 3.63) is 0 Å². The van der Waals surface area contributed by atoms with Gasteiger partial charge >= 0.3 is 0 Å². The number of thioether (sulfide) groups is 1. The van der Waals surface area contributed by atoms with Crippen LogP contribution in [-0.2, 0) is 9.47 Å². The first-order chi connectivity index (χ1) is 11.7. The van der Waals surface area contributed by atoms with E-state index in [1.807, 2.05) is 7.05 Å². The second-order valence-corrected chi connectivity index (χ2v) is 8.63. The molecule has 2 rings (SSSR count). The molecule has 1 N–H and O–H groups in total. The zero-order valence-electron chi connectivity index (χ0n) is 16.1. The molecule has 2 saturated heterocycles. The summed E-state index contributed by atoms with van der Waals surface area (Å²) in [7, 11) is 4.04. The van der Waals surface area contributed by atoms with Crippen LogP contribution in [0.4, 0.5) is 0 Å². The molecule has 0 aromatic heterocycles. The summed E-state index contributed by atoms with van der Waals surface area (Å²) in [6.45, 7) is 7.90. The van der Waals surface area contributed by atoms with Gasteiger partial charge in [-0.15, -0.1) is 24.0 Å².